The van der Waals surface area contributed by atoms with Gasteiger partial charge in [-0.2, -0.15) is 0 Å². The van der Waals surface area contributed by atoms with E-state index in [2.05, 4.69) is 4.98 Å². The van der Waals surface area contributed by atoms with Gasteiger partial charge in [0.2, 0.25) is 14.2 Å². The molecule has 1 aromatic heterocycles. The van der Waals surface area contributed by atoms with Crippen molar-refractivity contribution in [1.29, 1.82) is 0 Å². The van der Waals surface area contributed by atoms with E-state index in [4.69, 9.17) is 11.6 Å². The number of rotatable bonds is 2. The Bertz CT molecular complexity index is 841. The summed E-state index contributed by atoms with van der Waals surface area (Å²) in [5.41, 5.74) is 0.604. The fourth-order valence-electron chi connectivity index (χ4n) is 1.69. The van der Waals surface area contributed by atoms with Crippen LogP contribution in [-0.2, 0) is 9.84 Å². The van der Waals surface area contributed by atoms with E-state index in [9.17, 15) is 8.42 Å². The molecule has 0 atom stereocenters. The number of benzene rings is 2. The summed E-state index contributed by atoms with van der Waals surface area (Å²) in [5, 5.41) is 0.543. The zero-order chi connectivity index (χ0) is 13.5. The van der Waals surface area contributed by atoms with Crippen molar-refractivity contribution in [2.75, 3.05) is 0 Å². The van der Waals surface area contributed by atoms with Crippen LogP contribution in [0.4, 0.5) is 0 Å². The van der Waals surface area contributed by atoms with E-state index in [-0.39, 0.29) is 9.24 Å². The lowest BCUT2D eigenvalue weighted by Crippen LogP contribution is -2.00. The van der Waals surface area contributed by atoms with Gasteiger partial charge in [0.25, 0.3) is 0 Å². The average molecular weight is 310 g/mol. The molecule has 0 saturated heterocycles. The summed E-state index contributed by atoms with van der Waals surface area (Å²) in [4.78, 5) is 4.42. The molecule has 0 aliphatic carbocycles. The Labute approximate surface area is 119 Å². The quantitative estimate of drug-likeness (QED) is 0.723. The molecule has 0 spiro atoms. The zero-order valence-corrected chi connectivity index (χ0v) is 12.0. The van der Waals surface area contributed by atoms with Crippen LogP contribution in [0.25, 0.3) is 10.2 Å². The number of thiazole rings is 1. The van der Waals surface area contributed by atoms with Gasteiger partial charge >= 0.3 is 0 Å². The SMILES string of the molecule is O=S(=O)(c1ccccc1)c1nc2cc(Cl)ccc2s1. The Kier molecular flexibility index (Phi) is 3.05. The van der Waals surface area contributed by atoms with Crippen LogP contribution in [0.1, 0.15) is 0 Å². The van der Waals surface area contributed by atoms with E-state index in [0.717, 1.165) is 16.0 Å². The van der Waals surface area contributed by atoms with Gasteiger partial charge in [-0.1, -0.05) is 29.8 Å². The highest BCUT2D eigenvalue weighted by Gasteiger charge is 2.21. The summed E-state index contributed by atoms with van der Waals surface area (Å²) < 4.78 is 25.7. The van der Waals surface area contributed by atoms with Crippen molar-refractivity contribution < 1.29 is 8.42 Å². The molecule has 0 aliphatic rings. The van der Waals surface area contributed by atoms with Crippen molar-refractivity contribution in [2.24, 2.45) is 0 Å². The molecule has 3 nitrogen and oxygen atoms in total. The van der Waals surface area contributed by atoms with Crippen LogP contribution in [-0.4, -0.2) is 13.4 Å². The molecule has 96 valence electrons. The largest absolute Gasteiger partial charge is 0.233 e. The molecule has 3 rings (SSSR count). The van der Waals surface area contributed by atoms with E-state index in [1.807, 2.05) is 0 Å². The fraction of sp³-hybridized carbons (Fsp3) is 0. The molecule has 0 unspecified atom stereocenters. The first-order valence-electron chi connectivity index (χ1n) is 5.43. The topological polar surface area (TPSA) is 47.0 Å². The van der Waals surface area contributed by atoms with Crippen LogP contribution in [0, 0.1) is 0 Å². The summed E-state index contributed by atoms with van der Waals surface area (Å²) in [6.45, 7) is 0. The molecule has 0 bridgehead atoms. The second-order valence-electron chi connectivity index (χ2n) is 3.91. The predicted octanol–water partition coefficient (Wildman–Crippen LogP) is 3.78. The van der Waals surface area contributed by atoms with Crippen molar-refractivity contribution in [3.05, 3.63) is 53.6 Å². The molecule has 0 radical (unpaired) electrons. The first-order chi connectivity index (χ1) is 9.07. The van der Waals surface area contributed by atoms with Crippen molar-refractivity contribution in [1.82, 2.24) is 4.98 Å². The van der Waals surface area contributed by atoms with Crippen molar-refractivity contribution >= 4 is 43.0 Å². The van der Waals surface area contributed by atoms with Crippen LogP contribution in [0.3, 0.4) is 0 Å². The first-order valence-corrected chi connectivity index (χ1v) is 8.11. The number of sulfone groups is 1. The molecule has 19 heavy (non-hydrogen) atoms. The lowest BCUT2D eigenvalue weighted by atomic mass is 10.3. The molecule has 6 heteroatoms. The van der Waals surface area contributed by atoms with Crippen LogP contribution in [0.5, 0.6) is 0 Å². The smallest absolute Gasteiger partial charge is 0.225 e. The molecule has 0 fully saturated rings. The molecule has 3 aromatic rings. The molecular weight excluding hydrogens is 302 g/mol. The van der Waals surface area contributed by atoms with Gasteiger partial charge in [-0.15, -0.1) is 11.3 Å². The van der Waals surface area contributed by atoms with Crippen molar-refractivity contribution in [2.45, 2.75) is 9.24 Å². The molecule has 0 saturated carbocycles. The third-order valence-electron chi connectivity index (χ3n) is 2.61. The molecule has 0 amide bonds. The van der Waals surface area contributed by atoms with Crippen molar-refractivity contribution in [3.63, 3.8) is 0 Å². The van der Waals surface area contributed by atoms with Gasteiger partial charge in [-0.25, -0.2) is 13.4 Å². The van der Waals surface area contributed by atoms with E-state index < -0.39 is 9.84 Å². The first kappa shape index (κ1) is 12.6. The minimum atomic E-state index is -3.55. The summed E-state index contributed by atoms with van der Waals surface area (Å²) >= 11 is 7.02. The summed E-state index contributed by atoms with van der Waals surface area (Å²) in [5.74, 6) is 0. The number of nitrogens with zero attached hydrogens (tertiary/aromatic N) is 1. The maximum Gasteiger partial charge on any atom is 0.233 e. The highest BCUT2D eigenvalue weighted by molar-refractivity contribution is 7.93. The Balaban J connectivity index is 2.19. The summed E-state index contributed by atoms with van der Waals surface area (Å²) in [6.07, 6.45) is 0. The van der Waals surface area contributed by atoms with Crippen LogP contribution in [0.15, 0.2) is 57.8 Å². The lowest BCUT2D eigenvalue weighted by molar-refractivity contribution is 0.595. The minimum absolute atomic E-state index is 0.0935. The Hall–Kier alpha value is -1.43. The third-order valence-corrected chi connectivity index (χ3v) is 6.03. The van der Waals surface area contributed by atoms with E-state index >= 15 is 0 Å². The second-order valence-corrected chi connectivity index (χ2v) is 7.50. The van der Waals surface area contributed by atoms with Crippen molar-refractivity contribution in [3.8, 4) is 0 Å². The van der Waals surface area contributed by atoms with E-state index in [1.54, 1.807) is 48.5 Å². The lowest BCUT2D eigenvalue weighted by Gasteiger charge is -1.98. The second kappa shape index (κ2) is 4.59. The number of fused-ring (bicyclic) bond motifs is 1. The zero-order valence-electron chi connectivity index (χ0n) is 9.58. The molecular formula is C13H8ClNO2S2. The number of halogens is 1. The molecule has 1 heterocycles. The minimum Gasteiger partial charge on any atom is -0.225 e. The van der Waals surface area contributed by atoms with Crippen LogP contribution >= 0.6 is 22.9 Å². The molecule has 2 aromatic carbocycles. The van der Waals surface area contributed by atoms with Gasteiger partial charge in [0.15, 0.2) is 0 Å². The summed E-state index contributed by atoms with van der Waals surface area (Å²) in [6, 6.07) is 13.5. The molecule has 0 N–H and O–H groups in total. The maximum absolute atomic E-state index is 12.4. The Morgan fingerprint density at radius 3 is 2.53 bits per heavy atom. The van der Waals surface area contributed by atoms with Crippen LogP contribution < -0.4 is 0 Å². The third kappa shape index (κ3) is 2.25. The highest BCUT2D eigenvalue weighted by atomic mass is 35.5. The van der Waals surface area contributed by atoms with Gasteiger partial charge in [0.05, 0.1) is 15.1 Å². The predicted molar refractivity (Wildman–Crippen MR) is 76.5 cm³/mol. The number of hydrogen-bond donors (Lipinski definition) is 0. The Morgan fingerprint density at radius 1 is 1.05 bits per heavy atom. The van der Waals surface area contributed by atoms with Crippen LogP contribution in [0.2, 0.25) is 5.02 Å². The molecule has 0 aliphatic heterocycles. The standard InChI is InChI=1S/C13H8ClNO2S2/c14-9-6-7-12-11(8-9)15-13(18-12)19(16,17)10-4-2-1-3-5-10/h1-8H. The maximum atomic E-state index is 12.4. The number of hydrogen-bond acceptors (Lipinski definition) is 4. The van der Waals surface area contributed by atoms with Gasteiger partial charge in [-0.05, 0) is 30.3 Å². The summed E-state index contributed by atoms with van der Waals surface area (Å²) in [7, 11) is -3.55. The van der Waals surface area contributed by atoms with Gasteiger partial charge in [0.1, 0.15) is 0 Å². The van der Waals surface area contributed by atoms with Gasteiger partial charge < -0.3 is 0 Å². The number of aromatic nitrogens is 1. The van der Waals surface area contributed by atoms with Gasteiger partial charge in [-0.3, -0.25) is 0 Å². The normalized spacial score (nSPS) is 11.8. The average Bonchev–Trinajstić information content (AvgIpc) is 2.83. The highest BCUT2D eigenvalue weighted by Crippen LogP contribution is 2.30. The monoisotopic (exact) mass is 309 g/mol. The van der Waals surface area contributed by atoms with E-state index in [1.165, 1.54) is 0 Å². The van der Waals surface area contributed by atoms with Gasteiger partial charge in [0, 0.05) is 5.02 Å². The van der Waals surface area contributed by atoms with E-state index in [0.29, 0.717) is 10.5 Å². The fourth-order valence-corrected chi connectivity index (χ4v) is 4.47. The Morgan fingerprint density at radius 2 is 1.79 bits per heavy atom.